The first kappa shape index (κ1) is 26.9. The standard InChI is InChI=1S/C22H29N3O8S2/c1-16(24-34(27,28)19-8-9-20(31-2)21(14-19)32-3)22(26)23-15-17-4-6-18(7-5-17)35(29,30)25-10-12-33-13-11-25/h4-9,14,16,24H,10-13,15H2,1-3H3,(H,23,26)/t16-/m1/s1. The average Bonchev–Trinajstić information content (AvgIpc) is 2.87. The van der Waals surface area contributed by atoms with Crippen molar-refractivity contribution in [1.82, 2.24) is 14.3 Å². The lowest BCUT2D eigenvalue weighted by Crippen LogP contribution is -2.44. The molecule has 2 aromatic carbocycles. The molecule has 2 aromatic rings. The molecule has 0 aromatic heterocycles. The first-order valence-corrected chi connectivity index (χ1v) is 13.7. The van der Waals surface area contributed by atoms with E-state index in [-0.39, 0.29) is 22.1 Å². The normalized spacial score (nSPS) is 15.9. The van der Waals surface area contributed by atoms with E-state index < -0.39 is 32.0 Å². The molecule has 1 saturated heterocycles. The molecular formula is C22H29N3O8S2. The Balaban J connectivity index is 1.59. The second-order valence-electron chi connectivity index (χ2n) is 7.74. The predicted molar refractivity (Wildman–Crippen MR) is 127 cm³/mol. The minimum atomic E-state index is -4.00. The fourth-order valence-corrected chi connectivity index (χ4v) is 6.02. The van der Waals surface area contributed by atoms with Crippen LogP contribution in [0.15, 0.2) is 52.3 Å². The fraction of sp³-hybridized carbons (Fsp3) is 0.409. The zero-order valence-electron chi connectivity index (χ0n) is 19.7. The van der Waals surface area contributed by atoms with Crippen molar-refractivity contribution in [2.75, 3.05) is 40.5 Å². The first-order chi connectivity index (χ1) is 16.6. The number of rotatable bonds is 10. The number of ether oxygens (including phenoxy) is 3. The van der Waals surface area contributed by atoms with Crippen LogP contribution < -0.4 is 19.5 Å². The Labute approximate surface area is 205 Å². The second-order valence-corrected chi connectivity index (χ2v) is 11.4. The van der Waals surface area contributed by atoms with Crippen LogP contribution in [0.1, 0.15) is 12.5 Å². The van der Waals surface area contributed by atoms with E-state index in [1.54, 1.807) is 12.1 Å². The highest BCUT2D eigenvalue weighted by Crippen LogP contribution is 2.29. The molecule has 11 nitrogen and oxygen atoms in total. The minimum Gasteiger partial charge on any atom is -0.493 e. The van der Waals surface area contributed by atoms with E-state index in [1.807, 2.05) is 0 Å². The molecule has 0 spiro atoms. The van der Waals surface area contributed by atoms with Gasteiger partial charge in [-0.15, -0.1) is 0 Å². The van der Waals surface area contributed by atoms with Crippen molar-refractivity contribution in [2.45, 2.75) is 29.3 Å². The summed E-state index contributed by atoms with van der Waals surface area (Å²) in [6.45, 7) is 2.84. The third kappa shape index (κ3) is 6.49. The van der Waals surface area contributed by atoms with E-state index in [2.05, 4.69) is 10.0 Å². The van der Waals surface area contributed by atoms with Gasteiger partial charge in [-0.3, -0.25) is 4.79 Å². The van der Waals surface area contributed by atoms with Crippen LogP contribution >= 0.6 is 0 Å². The molecule has 1 heterocycles. The number of nitrogens with zero attached hydrogens (tertiary/aromatic N) is 1. The Morgan fingerprint density at radius 1 is 0.971 bits per heavy atom. The predicted octanol–water partition coefficient (Wildman–Crippen LogP) is 0.708. The Bertz CT molecular complexity index is 1240. The molecule has 1 atom stereocenters. The van der Waals surface area contributed by atoms with Crippen molar-refractivity contribution in [3.63, 3.8) is 0 Å². The van der Waals surface area contributed by atoms with Crippen LogP contribution in [0.5, 0.6) is 11.5 Å². The number of nitrogens with one attached hydrogen (secondary N) is 2. The summed E-state index contributed by atoms with van der Waals surface area (Å²) in [7, 11) is -4.78. The molecule has 1 fully saturated rings. The van der Waals surface area contributed by atoms with E-state index in [0.29, 0.717) is 37.6 Å². The van der Waals surface area contributed by atoms with Crippen LogP contribution in [-0.2, 0) is 36.1 Å². The molecule has 3 rings (SSSR count). The zero-order valence-corrected chi connectivity index (χ0v) is 21.3. The monoisotopic (exact) mass is 527 g/mol. The number of carbonyl (C=O) groups is 1. The molecule has 0 unspecified atom stereocenters. The van der Waals surface area contributed by atoms with Crippen LogP contribution in [0.25, 0.3) is 0 Å². The Morgan fingerprint density at radius 2 is 1.57 bits per heavy atom. The van der Waals surface area contributed by atoms with Gasteiger partial charge in [0.05, 0.1) is 43.3 Å². The van der Waals surface area contributed by atoms with Crippen LogP contribution in [0, 0.1) is 0 Å². The van der Waals surface area contributed by atoms with Crippen molar-refractivity contribution in [3.8, 4) is 11.5 Å². The van der Waals surface area contributed by atoms with Crippen molar-refractivity contribution in [1.29, 1.82) is 0 Å². The third-order valence-corrected chi connectivity index (χ3v) is 8.84. The van der Waals surface area contributed by atoms with Crippen molar-refractivity contribution < 1.29 is 35.8 Å². The molecule has 1 amide bonds. The van der Waals surface area contributed by atoms with E-state index in [0.717, 1.165) is 0 Å². The Hall–Kier alpha value is -2.71. The fourth-order valence-electron chi connectivity index (χ4n) is 3.40. The third-order valence-electron chi connectivity index (χ3n) is 5.39. The van der Waals surface area contributed by atoms with Gasteiger partial charge in [0, 0.05) is 25.7 Å². The first-order valence-electron chi connectivity index (χ1n) is 10.8. The van der Waals surface area contributed by atoms with Crippen LogP contribution in [0.3, 0.4) is 0 Å². The number of carbonyl (C=O) groups excluding carboxylic acids is 1. The van der Waals surface area contributed by atoms with E-state index in [4.69, 9.17) is 14.2 Å². The van der Waals surface area contributed by atoms with E-state index >= 15 is 0 Å². The lowest BCUT2D eigenvalue weighted by atomic mass is 10.2. The number of sulfonamides is 2. The molecule has 0 bridgehead atoms. The summed E-state index contributed by atoms with van der Waals surface area (Å²) >= 11 is 0. The molecule has 2 N–H and O–H groups in total. The zero-order chi connectivity index (χ0) is 25.6. The van der Waals surface area contributed by atoms with Crippen LogP contribution in [0.4, 0.5) is 0 Å². The molecule has 13 heteroatoms. The average molecular weight is 528 g/mol. The molecular weight excluding hydrogens is 498 g/mol. The summed E-state index contributed by atoms with van der Waals surface area (Å²) in [5.74, 6) is 0.0756. The number of hydrogen-bond acceptors (Lipinski definition) is 8. The number of amides is 1. The highest BCUT2D eigenvalue weighted by atomic mass is 32.2. The largest absolute Gasteiger partial charge is 0.493 e. The van der Waals surface area contributed by atoms with Crippen molar-refractivity contribution >= 4 is 26.0 Å². The Kier molecular flexibility index (Phi) is 8.72. The number of benzene rings is 2. The van der Waals surface area contributed by atoms with Gasteiger partial charge in [-0.1, -0.05) is 12.1 Å². The molecule has 1 aliphatic heterocycles. The van der Waals surface area contributed by atoms with Crippen LogP contribution in [-0.4, -0.2) is 73.6 Å². The maximum atomic E-state index is 12.7. The van der Waals surface area contributed by atoms with Gasteiger partial charge in [-0.05, 0) is 36.8 Å². The van der Waals surface area contributed by atoms with Gasteiger partial charge < -0.3 is 19.5 Å². The lowest BCUT2D eigenvalue weighted by Gasteiger charge is -2.26. The van der Waals surface area contributed by atoms with E-state index in [1.165, 1.54) is 55.8 Å². The summed E-state index contributed by atoms with van der Waals surface area (Å²) in [5.41, 5.74) is 0.661. The van der Waals surface area contributed by atoms with Gasteiger partial charge in [-0.25, -0.2) is 16.8 Å². The topological polar surface area (TPSA) is 140 Å². The summed E-state index contributed by atoms with van der Waals surface area (Å²) in [6.07, 6.45) is 0. The highest BCUT2D eigenvalue weighted by molar-refractivity contribution is 7.89. The van der Waals surface area contributed by atoms with E-state index in [9.17, 15) is 21.6 Å². The van der Waals surface area contributed by atoms with Gasteiger partial charge in [0.2, 0.25) is 26.0 Å². The smallest absolute Gasteiger partial charge is 0.243 e. The summed E-state index contributed by atoms with van der Waals surface area (Å²) in [5, 5.41) is 2.65. The SMILES string of the molecule is COc1ccc(S(=O)(=O)N[C@H](C)C(=O)NCc2ccc(S(=O)(=O)N3CCOCC3)cc2)cc1OC. The van der Waals surface area contributed by atoms with Gasteiger partial charge in [-0.2, -0.15) is 9.03 Å². The molecule has 35 heavy (non-hydrogen) atoms. The van der Waals surface area contributed by atoms with Crippen LogP contribution in [0.2, 0.25) is 0 Å². The molecule has 1 aliphatic rings. The van der Waals surface area contributed by atoms with Gasteiger partial charge in [0.15, 0.2) is 11.5 Å². The maximum absolute atomic E-state index is 12.7. The highest BCUT2D eigenvalue weighted by Gasteiger charge is 2.26. The number of methoxy groups -OCH3 is 2. The summed E-state index contributed by atoms with van der Waals surface area (Å²) in [4.78, 5) is 12.6. The minimum absolute atomic E-state index is 0.0770. The van der Waals surface area contributed by atoms with Gasteiger partial charge in [0.1, 0.15) is 0 Å². The quantitative estimate of drug-likeness (QED) is 0.460. The molecule has 0 radical (unpaired) electrons. The molecule has 0 saturated carbocycles. The van der Waals surface area contributed by atoms with Gasteiger partial charge in [0.25, 0.3) is 0 Å². The van der Waals surface area contributed by atoms with Crippen molar-refractivity contribution in [3.05, 3.63) is 48.0 Å². The van der Waals surface area contributed by atoms with Gasteiger partial charge >= 0.3 is 0 Å². The maximum Gasteiger partial charge on any atom is 0.243 e. The number of hydrogen-bond donors (Lipinski definition) is 2. The lowest BCUT2D eigenvalue weighted by molar-refractivity contribution is -0.122. The Morgan fingerprint density at radius 3 is 2.17 bits per heavy atom. The summed E-state index contributed by atoms with van der Waals surface area (Å²) < 4.78 is 69.9. The second kappa shape index (κ2) is 11.4. The summed E-state index contributed by atoms with van der Waals surface area (Å²) in [6, 6.07) is 9.22. The van der Waals surface area contributed by atoms with Crippen molar-refractivity contribution in [2.24, 2.45) is 0 Å². The molecule has 192 valence electrons. The molecule has 0 aliphatic carbocycles. The number of morpholine rings is 1.